The molecule has 3 aromatic rings. The third-order valence-corrected chi connectivity index (χ3v) is 5.73. The van der Waals surface area contributed by atoms with Crippen LogP contribution in [0.5, 0.6) is 11.5 Å². The number of phenols is 2. The molecule has 0 aliphatic heterocycles. The first-order valence-corrected chi connectivity index (χ1v) is 10.5. The first-order valence-electron chi connectivity index (χ1n) is 8.61. The van der Waals surface area contributed by atoms with Crippen LogP contribution in [-0.2, 0) is 9.84 Å². The van der Waals surface area contributed by atoms with Crippen LogP contribution in [0.1, 0.15) is 43.3 Å². The van der Waals surface area contributed by atoms with Gasteiger partial charge in [0.2, 0.25) is 0 Å². The minimum Gasteiger partial charge on any atom is -0.508 e. The van der Waals surface area contributed by atoms with E-state index in [4.69, 9.17) is 0 Å². The van der Waals surface area contributed by atoms with E-state index in [2.05, 4.69) is 0 Å². The third kappa shape index (κ3) is 4.20. The zero-order valence-electron chi connectivity index (χ0n) is 15.4. The van der Waals surface area contributed by atoms with Crippen molar-refractivity contribution in [3.05, 3.63) is 88.5 Å². The zero-order valence-corrected chi connectivity index (χ0v) is 16.3. The van der Waals surface area contributed by atoms with Crippen molar-refractivity contribution in [3.8, 4) is 11.5 Å². The van der Waals surface area contributed by atoms with Gasteiger partial charge in [-0.25, -0.2) is 8.42 Å². The molecule has 0 spiro atoms. The van der Waals surface area contributed by atoms with Crippen LogP contribution in [0.4, 0.5) is 0 Å². The van der Waals surface area contributed by atoms with Crippen LogP contribution in [0.25, 0.3) is 0 Å². The lowest BCUT2D eigenvalue weighted by Gasteiger charge is -2.22. The largest absolute Gasteiger partial charge is 0.508 e. The van der Waals surface area contributed by atoms with E-state index in [0.29, 0.717) is 40.4 Å². The minimum absolute atomic E-state index is 0.0667. The molecule has 0 heterocycles. The molecule has 0 saturated heterocycles. The number of carbonyl (C=O) groups is 2. The standard InChI is InChI=1S/C22H18O6S/c1-29(27,28)17-4-2-3-16(11-17)22(18-9-14(12-23)5-7-20(18)25)19-10-15(13-24)6-8-21(19)26/h2-13,22,25-26H,1H3. The number of aromatic hydroxyl groups is 2. The van der Waals surface area contributed by atoms with Gasteiger partial charge >= 0.3 is 0 Å². The predicted octanol–water partition coefficient (Wildman–Crippen LogP) is 3.31. The highest BCUT2D eigenvalue weighted by Gasteiger charge is 2.25. The van der Waals surface area contributed by atoms with Crippen molar-refractivity contribution in [1.82, 2.24) is 0 Å². The monoisotopic (exact) mass is 410 g/mol. The average Bonchev–Trinajstić information content (AvgIpc) is 2.70. The summed E-state index contributed by atoms with van der Waals surface area (Å²) >= 11 is 0. The van der Waals surface area contributed by atoms with Crippen LogP contribution in [-0.4, -0.2) is 37.5 Å². The fourth-order valence-electron chi connectivity index (χ4n) is 3.21. The zero-order chi connectivity index (χ0) is 21.2. The summed E-state index contributed by atoms with van der Waals surface area (Å²) in [6, 6.07) is 14.6. The maximum Gasteiger partial charge on any atom is 0.175 e. The quantitative estimate of drug-likeness (QED) is 0.477. The van der Waals surface area contributed by atoms with Crippen molar-refractivity contribution in [2.45, 2.75) is 10.8 Å². The Morgan fingerprint density at radius 2 is 1.31 bits per heavy atom. The Morgan fingerprint density at radius 1 is 0.793 bits per heavy atom. The lowest BCUT2D eigenvalue weighted by atomic mass is 9.83. The molecular formula is C22H18O6S. The summed E-state index contributed by atoms with van der Waals surface area (Å²) in [7, 11) is -3.51. The summed E-state index contributed by atoms with van der Waals surface area (Å²) < 4.78 is 24.0. The number of phenolic OH excluding ortho intramolecular Hbond substituents is 2. The first kappa shape index (κ1) is 20.3. The van der Waals surface area contributed by atoms with Crippen LogP contribution in [0.2, 0.25) is 0 Å². The highest BCUT2D eigenvalue weighted by molar-refractivity contribution is 7.90. The van der Waals surface area contributed by atoms with Crippen molar-refractivity contribution < 1.29 is 28.2 Å². The molecule has 3 aromatic carbocycles. The van der Waals surface area contributed by atoms with Crippen molar-refractivity contribution in [2.75, 3.05) is 6.26 Å². The van der Waals surface area contributed by atoms with E-state index in [1.807, 2.05) is 0 Å². The Kier molecular flexibility index (Phi) is 5.52. The van der Waals surface area contributed by atoms with Gasteiger partial charge in [-0.15, -0.1) is 0 Å². The molecule has 29 heavy (non-hydrogen) atoms. The fourth-order valence-corrected chi connectivity index (χ4v) is 3.88. The normalized spacial score (nSPS) is 11.4. The molecule has 0 bridgehead atoms. The summed E-state index contributed by atoms with van der Waals surface area (Å²) in [5.74, 6) is -1.10. The molecule has 148 valence electrons. The van der Waals surface area contributed by atoms with Crippen LogP contribution in [0.15, 0.2) is 65.6 Å². The van der Waals surface area contributed by atoms with Crippen LogP contribution >= 0.6 is 0 Å². The SMILES string of the molecule is CS(=O)(=O)c1cccc(C(c2cc(C=O)ccc2O)c2cc(C=O)ccc2O)c1. The molecule has 2 N–H and O–H groups in total. The van der Waals surface area contributed by atoms with Gasteiger partial charge in [-0.05, 0) is 54.1 Å². The number of aldehydes is 2. The van der Waals surface area contributed by atoms with Gasteiger partial charge in [-0.1, -0.05) is 12.1 Å². The second kappa shape index (κ2) is 7.89. The molecule has 0 radical (unpaired) electrons. The van der Waals surface area contributed by atoms with Gasteiger partial charge in [0.05, 0.1) is 4.90 Å². The Balaban J connectivity index is 2.35. The predicted molar refractivity (Wildman–Crippen MR) is 107 cm³/mol. The molecule has 0 aromatic heterocycles. The summed E-state index contributed by atoms with van der Waals surface area (Å²) in [5.41, 5.74) is 1.64. The Labute approximate surface area is 168 Å². The number of rotatable bonds is 6. The lowest BCUT2D eigenvalue weighted by Crippen LogP contribution is -2.07. The fraction of sp³-hybridized carbons (Fsp3) is 0.0909. The molecular weight excluding hydrogens is 392 g/mol. The van der Waals surface area contributed by atoms with Gasteiger partial charge in [0.1, 0.15) is 24.1 Å². The highest BCUT2D eigenvalue weighted by Crippen LogP contribution is 2.41. The Bertz CT molecular complexity index is 1140. The van der Waals surface area contributed by atoms with Crippen molar-refractivity contribution in [1.29, 1.82) is 0 Å². The van der Waals surface area contributed by atoms with Gasteiger partial charge in [0.25, 0.3) is 0 Å². The maximum absolute atomic E-state index is 12.0. The van der Waals surface area contributed by atoms with E-state index in [1.165, 1.54) is 48.5 Å². The third-order valence-electron chi connectivity index (χ3n) is 4.62. The molecule has 3 rings (SSSR count). The summed E-state index contributed by atoms with van der Waals surface area (Å²) in [6.45, 7) is 0. The second-order valence-corrected chi connectivity index (χ2v) is 8.67. The Morgan fingerprint density at radius 3 is 1.76 bits per heavy atom. The van der Waals surface area contributed by atoms with Crippen molar-refractivity contribution in [2.24, 2.45) is 0 Å². The van der Waals surface area contributed by atoms with E-state index in [1.54, 1.807) is 12.1 Å². The van der Waals surface area contributed by atoms with Gasteiger partial charge in [0, 0.05) is 34.4 Å². The van der Waals surface area contributed by atoms with Crippen LogP contribution in [0.3, 0.4) is 0 Å². The summed E-state index contributed by atoms with van der Waals surface area (Å²) in [4.78, 5) is 22.6. The number of sulfone groups is 1. The number of benzene rings is 3. The minimum atomic E-state index is -3.51. The van der Waals surface area contributed by atoms with E-state index in [0.717, 1.165) is 6.26 Å². The average molecular weight is 410 g/mol. The summed E-state index contributed by atoms with van der Waals surface area (Å²) in [5, 5.41) is 21.0. The molecule has 7 heteroatoms. The number of carbonyl (C=O) groups excluding carboxylic acids is 2. The molecule has 0 unspecified atom stereocenters. The van der Waals surface area contributed by atoms with Crippen LogP contribution in [0, 0.1) is 0 Å². The molecule has 6 nitrogen and oxygen atoms in total. The smallest absolute Gasteiger partial charge is 0.175 e. The van der Waals surface area contributed by atoms with E-state index in [9.17, 15) is 28.2 Å². The second-order valence-electron chi connectivity index (χ2n) is 6.65. The summed E-state index contributed by atoms with van der Waals surface area (Å²) in [6.07, 6.45) is 2.32. The number of hydrogen-bond donors (Lipinski definition) is 2. The van der Waals surface area contributed by atoms with E-state index >= 15 is 0 Å². The van der Waals surface area contributed by atoms with E-state index < -0.39 is 15.8 Å². The molecule has 0 atom stereocenters. The van der Waals surface area contributed by atoms with Crippen molar-refractivity contribution in [3.63, 3.8) is 0 Å². The van der Waals surface area contributed by atoms with Gasteiger partial charge < -0.3 is 10.2 Å². The van der Waals surface area contributed by atoms with Gasteiger partial charge in [0.15, 0.2) is 9.84 Å². The molecule has 0 aliphatic rings. The highest BCUT2D eigenvalue weighted by atomic mass is 32.2. The first-order chi connectivity index (χ1) is 13.7. The topological polar surface area (TPSA) is 109 Å². The lowest BCUT2D eigenvalue weighted by molar-refractivity contribution is 0.111. The van der Waals surface area contributed by atoms with Gasteiger partial charge in [-0.2, -0.15) is 0 Å². The Hall–Kier alpha value is -3.45. The van der Waals surface area contributed by atoms with Crippen molar-refractivity contribution >= 4 is 22.4 Å². The van der Waals surface area contributed by atoms with E-state index in [-0.39, 0.29) is 16.4 Å². The molecule has 0 fully saturated rings. The number of hydrogen-bond acceptors (Lipinski definition) is 6. The molecule has 0 amide bonds. The maximum atomic E-state index is 12.0. The van der Waals surface area contributed by atoms with Crippen LogP contribution < -0.4 is 0 Å². The molecule has 0 saturated carbocycles. The van der Waals surface area contributed by atoms with Gasteiger partial charge in [-0.3, -0.25) is 9.59 Å². The molecule has 0 aliphatic carbocycles.